The molecule has 1 aliphatic carbocycles. The first-order valence-electron chi connectivity index (χ1n) is 6.85. The van der Waals surface area contributed by atoms with Crippen molar-refractivity contribution in [1.82, 2.24) is 0 Å². The summed E-state index contributed by atoms with van der Waals surface area (Å²) in [7, 11) is 0. The van der Waals surface area contributed by atoms with Gasteiger partial charge in [0, 0.05) is 11.6 Å². The Balaban J connectivity index is 2.07. The van der Waals surface area contributed by atoms with Crippen LogP contribution >= 0.6 is 0 Å². The molecule has 1 fully saturated rings. The molecule has 98 valence electrons. The van der Waals surface area contributed by atoms with E-state index in [1.807, 2.05) is 18.2 Å². The average Bonchev–Trinajstić information content (AvgIpc) is 2.87. The molecule has 1 aromatic rings. The molecule has 0 aliphatic heterocycles. The van der Waals surface area contributed by atoms with Gasteiger partial charge in [0.15, 0.2) is 0 Å². The molecular weight excluding hydrogens is 224 g/mol. The van der Waals surface area contributed by atoms with Crippen LogP contribution in [0.1, 0.15) is 31.7 Å². The van der Waals surface area contributed by atoms with E-state index in [4.69, 9.17) is 5.73 Å². The second-order valence-corrected chi connectivity index (χ2v) is 5.03. The van der Waals surface area contributed by atoms with Crippen LogP contribution in [0.25, 0.3) is 0 Å². The normalized spacial score (nSPS) is 23.0. The maximum Gasteiger partial charge on any atom is 0.227 e. The van der Waals surface area contributed by atoms with Gasteiger partial charge in [-0.05, 0) is 43.4 Å². The largest absolute Gasteiger partial charge is 0.330 e. The fraction of sp³-hybridized carbons (Fsp3) is 0.533. The van der Waals surface area contributed by atoms with Crippen LogP contribution in [0.2, 0.25) is 0 Å². The minimum absolute atomic E-state index is 0.0971. The van der Waals surface area contributed by atoms with Crippen molar-refractivity contribution in [2.45, 2.75) is 32.6 Å². The van der Waals surface area contributed by atoms with Crippen LogP contribution in [0.5, 0.6) is 0 Å². The quantitative estimate of drug-likeness (QED) is 0.858. The summed E-state index contributed by atoms with van der Waals surface area (Å²) in [5, 5.41) is 3.07. The Hall–Kier alpha value is -1.35. The summed E-state index contributed by atoms with van der Waals surface area (Å²) in [5.41, 5.74) is 7.87. The lowest BCUT2D eigenvalue weighted by Crippen LogP contribution is -2.30. The van der Waals surface area contributed by atoms with Crippen molar-refractivity contribution in [3.63, 3.8) is 0 Å². The lowest BCUT2D eigenvalue weighted by Gasteiger charge is -2.18. The number of amides is 1. The monoisotopic (exact) mass is 246 g/mol. The lowest BCUT2D eigenvalue weighted by atomic mass is 9.95. The van der Waals surface area contributed by atoms with Crippen molar-refractivity contribution in [2.75, 3.05) is 11.9 Å². The van der Waals surface area contributed by atoms with E-state index in [2.05, 4.69) is 18.3 Å². The summed E-state index contributed by atoms with van der Waals surface area (Å²) >= 11 is 0. The smallest absolute Gasteiger partial charge is 0.227 e. The highest BCUT2D eigenvalue weighted by atomic mass is 16.1. The highest BCUT2D eigenvalue weighted by molar-refractivity contribution is 5.93. The summed E-state index contributed by atoms with van der Waals surface area (Å²) in [6, 6.07) is 8.00. The van der Waals surface area contributed by atoms with E-state index < -0.39 is 0 Å². The van der Waals surface area contributed by atoms with E-state index in [0.29, 0.717) is 12.5 Å². The number of benzene rings is 1. The van der Waals surface area contributed by atoms with E-state index >= 15 is 0 Å². The van der Waals surface area contributed by atoms with Gasteiger partial charge in [-0.2, -0.15) is 0 Å². The average molecular weight is 246 g/mol. The van der Waals surface area contributed by atoms with Crippen LogP contribution in [0, 0.1) is 11.8 Å². The molecule has 1 saturated carbocycles. The molecule has 0 aromatic heterocycles. The van der Waals surface area contributed by atoms with Crippen LogP contribution in [-0.2, 0) is 11.2 Å². The molecule has 0 bridgehead atoms. The van der Waals surface area contributed by atoms with Gasteiger partial charge in [0.25, 0.3) is 0 Å². The topological polar surface area (TPSA) is 55.1 Å². The van der Waals surface area contributed by atoms with Gasteiger partial charge in [-0.3, -0.25) is 4.79 Å². The van der Waals surface area contributed by atoms with Crippen LogP contribution in [-0.4, -0.2) is 12.5 Å². The van der Waals surface area contributed by atoms with Crippen LogP contribution in [0.4, 0.5) is 5.69 Å². The highest BCUT2D eigenvalue weighted by Gasteiger charge is 2.31. The highest BCUT2D eigenvalue weighted by Crippen LogP contribution is 2.32. The molecule has 3 nitrogen and oxygen atoms in total. The predicted molar refractivity (Wildman–Crippen MR) is 74.3 cm³/mol. The van der Waals surface area contributed by atoms with Gasteiger partial charge in [0.1, 0.15) is 0 Å². The van der Waals surface area contributed by atoms with E-state index in [9.17, 15) is 4.79 Å². The Morgan fingerprint density at radius 2 is 2.17 bits per heavy atom. The molecule has 1 amide bonds. The van der Waals surface area contributed by atoms with Crippen molar-refractivity contribution < 1.29 is 4.79 Å². The number of nitrogens with one attached hydrogen (secondary N) is 1. The Labute approximate surface area is 109 Å². The predicted octanol–water partition coefficient (Wildman–Crippen LogP) is 2.56. The summed E-state index contributed by atoms with van der Waals surface area (Å²) in [6.07, 6.45) is 4.11. The van der Waals surface area contributed by atoms with Gasteiger partial charge in [-0.25, -0.2) is 0 Å². The van der Waals surface area contributed by atoms with Gasteiger partial charge in [-0.15, -0.1) is 0 Å². The Morgan fingerprint density at radius 3 is 2.89 bits per heavy atom. The number of anilines is 1. The van der Waals surface area contributed by atoms with Gasteiger partial charge in [-0.1, -0.05) is 31.5 Å². The molecule has 0 unspecified atom stereocenters. The molecule has 3 heteroatoms. The van der Waals surface area contributed by atoms with E-state index in [0.717, 1.165) is 31.4 Å². The summed E-state index contributed by atoms with van der Waals surface area (Å²) in [4.78, 5) is 12.3. The number of carbonyl (C=O) groups is 1. The second kappa shape index (κ2) is 6.01. The van der Waals surface area contributed by atoms with Gasteiger partial charge >= 0.3 is 0 Å². The fourth-order valence-electron chi connectivity index (χ4n) is 2.84. The minimum Gasteiger partial charge on any atom is -0.330 e. The summed E-state index contributed by atoms with van der Waals surface area (Å²) < 4.78 is 0. The van der Waals surface area contributed by atoms with Gasteiger partial charge in [0.2, 0.25) is 5.91 Å². The van der Waals surface area contributed by atoms with Crippen molar-refractivity contribution in [1.29, 1.82) is 0 Å². The first kappa shape index (κ1) is 13.1. The third-order valence-corrected chi connectivity index (χ3v) is 3.95. The first-order chi connectivity index (χ1) is 8.76. The summed E-state index contributed by atoms with van der Waals surface area (Å²) in [6.45, 7) is 2.72. The van der Waals surface area contributed by atoms with Crippen LogP contribution < -0.4 is 11.1 Å². The summed E-state index contributed by atoms with van der Waals surface area (Å²) in [5.74, 6) is 0.600. The molecule has 0 radical (unpaired) electrons. The van der Waals surface area contributed by atoms with E-state index in [-0.39, 0.29) is 11.8 Å². The number of hydrogen-bond acceptors (Lipinski definition) is 2. The Kier molecular flexibility index (Phi) is 4.37. The molecule has 0 spiro atoms. The SMILES string of the molecule is CCc1ccccc1NC(=O)[C@@H]1CCC[C@@H]1CN. The second-order valence-electron chi connectivity index (χ2n) is 5.03. The maximum atomic E-state index is 12.3. The van der Waals surface area contributed by atoms with Crippen LogP contribution in [0.15, 0.2) is 24.3 Å². The number of rotatable bonds is 4. The van der Waals surface area contributed by atoms with Crippen molar-refractivity contribution in [3.05, 3.63) is 29.8 Å². The van der Waals surface area contributed by atoms with Crippen LogP contribution in [0.3, 0.4) is 0 Å². The third kappa shape index (κ3) is 2.72. The van der Waals surface area contributed by atoms with E-state index in [1.165, 1.54) is 5.56 Å². The van der Waals surface area contributed by atoms with E-state index in [1.54, 1.807) is 0 Å². The first-order valence-corrected chi connectivity index (χ1v) is 6.85. The molecule has 1 aliphatic rings. The van der Waals surface area contributed by atoms with Crippen molar-refractivity contribution in [2.24, 2.45) is 17.6 Å². The van der Waals surface area contributed by atoms with Gasteiger partial charge in [0.05, 0.1) is 0 Å². The molecule has 18 heavy (non-hydrogen) atoms. The number of para-hydroxylation sites is 1. The van der Waals surface area contributed by atoms with Crippen molar-refractivity contribution >= 4 is 11.6 Å². The number of carbonyl (C=O) groups excluding carboxylic acids is 1. The van der Waals surface area contributed by atoms with Gasteiger partial charge < -0.3 is 11.1 Å². The number of hydrogen-bond donors (Lipinski definition) is 2. The molecule has 0 saturated heterocycles. The molecule has 2 rings (SSSR count). The Morgan fingerprint density at radius 1 is 1.39 bits per heavy atom. The number of nitrogens with two attached hydrogens (primary N) is 1. The zero-order valence-electron chi connectivity index (χ0n) is 11.0. The molecular formula is C15H22N2O. The lowest BCUT2D eigenvalue weighted by molar-refractivity contribution is -0.120. The standard InChI is InChI=1S/C15H22N2O/c1-2-11-6-3-4-9-14(11)17-15(18)13-8-5-7-12(13)10-16/h3-4,6,9,12-13H,2,5,7-8,10,16H2,1H3,(H,17,18)/t12-,13-/m1/s1. The minimum atomic E-state index is 0.0971. The molecule has 3 N–H and O–H groups in total. The Bertz CT molecular complexity index is 417. The maximum absolute atomic E-state index is 12.3. The van der Waals surface area contributed by atoms with Crippen molar-refractivity contribution in [3.8, 4) is 0 Å². The number of aryl methyl sites for hydroxylation is 1. The fourth-order valence-corrected chi connectivity index (χ4v) is 2.84. The zero-order valence-corrected chi connectivity index (χ0v) is 11.0. The molecule has 2 atom stereocenters. The molecule has 1 aromatic carbocycles. The third-order valence-electron chi connectivity index (χ3n) is 3.95. The zero-order chi connectivity index (χ0) is 13.0. The molecule has 0 heterocycles.